The van der Waals surface area contributed by atoms with E-state index in [2.05, 4.69) is 15.1 Å². The molecule has 4 rings (SSSR count). The van der Waals surface area contributed by atoms with E-state index in [1.807, 2.05) is 6.92 Å². The molecule has 9 heteroatoms. The molecule has 2 aromatic heterocycles. The number of anilines is 1. The lowest BCUT2D eigenvalue weighted by molar-refractivity contribution is -0.137. The second-order valence-corrected chi connectivity index (χ2v) is 6.54. The molecule has 1 N–H and O–H groups in total. The molecule has 0 spiro atoms. The number of amides is 1. The Morgan fingerprint density at radius 1 is 1.19 bits per heavy atom. The molecule has 0 saturated carbocycles. The van der Waals surface area contributed by atoms with Crippen LogP contribution in [0.4, 0.5) is 18.9 Å². The van der Waals surface area contributed by atoms with Crippen LogP contribution in [0.2, 0.25) is 0 Å². The number of aromatic nitrogens is 4. The second kappa shape index (κ2) is 5.97. The first kappa shape index (κ1) is 17.3. The van der Waals surface area contributed by atoms with Crippen LogP contribution in [0.15, 0.2) is 36.7 Å². The zero-order chi connectivity index (χ0) is 19.3. The Kier molecular flexibility index (Phi) is 3.83. The smallest absolute Gasteiger partial charge is 0.342 e. The van der Waals surface area contributed by atoms with Crippen molar-refractivity contribution >= 4 is 11.6 Å². The molecule has 27 heavy (non-hydrogen) atoms. The van der Waals surface area contributed by atoms with Crippen LogP contribution < -0.4 is 4.90 Å². The predicted molar refractivity (Wildman–Crippen MR) is 92.4 cm³/mol. The minimum absolute atomic E-state index is 0.127. The van der Waals surface area contributed by atoms with E-state index in [1.54, 1.807) is 24.0 Å². The molecule has 6 nitrogen and oxygen atoms in total. The van der Waals surface area contributed by atoms with Gasteiger partial charge in [-0.3, -0.25) is 9.48 Å². The molecule has 3 aromatic rings. The van der Waals surface area contributed by atoms with Crippen molar-refractivity contribution in [1.82, 2.24) is 19.7 Å². The van der Waals surface area contributed by atoms with E-state index < -0.39 is 11.7 Å². The maximum Gasteiger partial charge on any atom is 0.416 e. The standard InChI is InChI=1S/C18H16F3N5O/c1-10-9-25(13-5-3-12(4-6-13)18(19,20)21)17(27)16-14(7-23-26(10)16)15-8-22-11(2)24-15/h3-8,10H,9H2,1-2H3,(H,22,24)/t10-/m0/s1. The quantitative estimate of drug-likeness (QED) is 0.740. The minimum Gasteiger partial charge on any atom is -0.342 e. The topological polar surface area (TPSA) is 66.8 Å². The summed E-state index contributed by atoms with van der Waals surface area (Å²) in [7, 11) is 0. The lowest BCUT2D eigenvalue weighted by Gasteiger charge is -2.32. The number of carbonyl (C=O) groups excluding carboxylic acids is 1. The van der Waals surface area contributed by atoms with Gasteiger partial charge >= 0.3 is 6.18 Å². The van der Waals surface area contributed by atoms with Gasteiger partial charge in [-0.1, -0.05) is 0 Å². The van der Waals surface area contributed by atoms with Crippen LogP contribution in [0.1, 0.15) is 34.8 Å². The number of hydrogen-bond acceptors (Lipinski definition) is 3. The first-order valence-electron chi connectivity index (χ1n) is 8.34. The highest BCUT2D eigenvalue weighted by Crippen LogP contribution is 2.34. The van der Waals surface area contributed by atoms with Gasteiger partial charge in [0.05, 0.1) is 35.3 Å². The van der Waals surface area contributed by atoms with E-state index in [0.717, 1.165) is 12.1 Å². The Hall–Kier alpha value is -3.10. The highest BCUT2D eigenvalue weighted by molar-refractivity contribution is 6.09. The Balaban J connectivity index is 1.73. The number of H-pyrrole nitrogens is 1. The number of rotatable bonds is 2. The number of hydrogen-bond donors (Lipinski definition) is 1. The van der Waals surface area contributed by atoms with Crippen LogP contribution in [0.3, 0.4) is 0 Å². The molecule has 3 heterocycles. The minimum atomic E-state index is -4.41. The number of alkyl halides is 3. The third kappa shape index (κ3) is 2.88. The van der Waals surface area contributed by atoms with Crippen molar-refractivity contribution in [2.24, 2.45) is 0 Å². The Morgan fingerprint density at radius 2 is 1.89 bits per heavy atom. The number of fused-ring (bicyclic) bond motifs is 1. The van der Waals surface area contributed by atoms with Crippen LogP contribution >= 0.6 is 0 Å². The van der Waals surface area contributed by atoms with Crippen molar-refractivity contribution in [2.45, 2.75) is 26.1 Å². The number of halogens is 3. The van der Waals surface area contributed by atoms with Crippen molar-refractivity contribution in [3.8, 4) is 11.3 Å². The highest BCUT2D eigenvalue weighted by Gasteiger charge is 2.35. The lowest BCUT2D eigenvalue weighted by atomic mass is 10.1. The fourth-order valence-electron chi connectivity index (χ4n) is 3.27. The molecular formula is C18H16F3N5O. The summed E-state index contributed by atoms with van der Waals surface area (Å²) in [6.07, 6.45) is -1.18. The van der Waals surface area contributed by atoms with Crippen LogP contribution in [0.5, 0.6) is 0 Å². The molecule has 0 fully saturated rings. The predicted octanol–water partition coefficient (Wildman–Crippen LogP) is 3.82. The molecule has 0 bridgehead atoms. The van der Waals surface area contributed by atoms with Gasteiger partial charge in [0.25, 0.3) is 5.91 Å². The third-order valence-electron chi connectivity index (χ3n) is 4.61. The maximum atomic E-state index is 13.1. The van der Waals surface area contributed by atoms with E-state index in [0.29, 0.717) is 35.0 Å². The molecule has 1 aliphatic heterocycles. The van der Waals surface area contributed by atoms with Gasteiger partial charge < -0.3 is 9.88 Å². The average molecular weight is 375 g/mol. The summed E-state index contributed by atoms with van der Waals surface area (Å²) in [6.45, 7) is 4.03. The van der Waals surface area contributed by atoms with E-state index in [-0.39, 0.29) is 11.9 Å². The van der Waals surface area contributed by atoms with E-state index in [4.69, 9.17) is 0 Å². The largest absolute Gasteiger partial charge is 0.416 e. The summed E-state index contributed by atoms with van der Waals surface area (Å²) in [5.74, 6) is 0.397. The van der Waals surface area contributed by atoms with Gasteiger partial charge in [-0.05, 0) is 38.1 Å². The number of aromatic amines is 1. The number of imidazole rings is 1. The summed E-state index contributed by atoms with van der Waals surface area (Å²) in [5.41, 5.74) is 1.34. The molecular weight excluding hydrogens is 359 g/mol. The lowest BCUT2D eigenvalue weighted by Crippen LogP contribution is -2.42. The first-order valence-corrected chi connectivity index (χ1v) is 8.34. The normalized spacial score (nSPS) is 17.3. The number of benzene rings is 1. The van der Waals surface area contributed by atoms with Crippen molar-refractivity contribution in [2.75, 3.05) is 11.4 Å². The van der Waals surface area contributed by atoms with Gasteiger partial charge in [-0.2, -0.15) is 18.3 Å². The van der Waals surface area contributed by atoms with Crippen LogP contribution in [0.25, 0.3) is 11.3 Å². The summed E-state index contributed by atoms with van der Waals surface area (Å²) in [5, 5.41) is 4.32. The van der Waals surface area contributed by atoms with E-state index >= 15 is 0 Å². The highest BCUT2D eigenvalue weighted by atomic mass is 19.4. The Bertz CT molecular complexity index is 1000. The number of carbonyl (C=O) groups is 1. The summed E-state index contributed by atoms with van der Waals surface area (Å²) >= 11 is 0. The Morgan fingerprint density at radius 3 is 2.48 bits per heavy atom. The monoisotopic (exact) mass is 375 g/mol. The van der Waals surface area contributed by atoms with Crippen molar-refractivity contribution in [3.63, 3.8) is 0 Å². The summed E-state index contributed by atoms with van der Waals surface area (Å²) in [6, 6.07) is 4.48. The van der Waals surface area contributed by atoms with Crippen LogP contribution in [-0.2, 0) is 6.18 Å². The van der Waals surface area contributed by atoms with E-state index in [9.17, 15) is 18.0 Å². The summed E-state index contributed by atoms with van der Waals surface area (Å²) < 4.78 is 40.0. The molecule has 1 atom stereocenters. The molecule has 0 unspecified atom stereocenters. The molecule has 1 aromatic carbocycles. The molecule has 140 valence electrons. The van der Waals surface area contributed by atoms with Crippen LogP contribution in [-0.4, -0.2) is 32.2 Å². The van der Waals surface area contributed by atoms with E-state index in [1.165, 1.54) is 17.0 Å². The molecule has 0 radical (unpaired) electrons. The van der Waals surface area contributed by atoms with Crippen molar-refractivity contribution in [3.05, 3.63) is 53.7 Å². The summed E-state index contributed by atoms with van der Waals surface area (Å²) in [4.78, 5) is 21.8. The third-order valence-corrected chi connectivity index (χ3v) is 4.61. The second-order valence-electron chi connectivity index (χ2n) is 6.54. The molecule has 1 amide bonds. The van der Waals surface area contributed by atoms with Crippen molar-refractivity contribution < 1.29 is 18.0 Å². The number of nitrogens with one attached hydrogen (secondary N) is 1. The van der Waals surface area contributed by atoms with Gasteiger partial charge in [0, 0.05) is 12.2 Å². The molecule has 0 saturated heterocycles. The van der Waals surface area contributed by atoms with Gasteiger partial charge in [0.1, 0.15) is 11.5 Å². The Labute approximate surface area is 152 Å². The zero-order valence-electron chi connectivity index (χ0n) is 14.6. The maximum absolute atomic E-state index is 13.1. The van der Waals surface area contributed by atoms with Gasteiger partial charge in [-0.25, -0.2) is 4.98 Å². The number of aryl methyl sites for hydroxylation is 1. The van der Waals surface area contributed by atoms with Crippen molar-refractivity contribution in [1.29, 1.82) is 0 Å². The first-order chi connectivity index (χ1) is 12.8. The SMILES string of the molecule is Cc1ncc(-c2cnn3c2C(=O)N(c2ccc(C(F)(F)F)cc2)C[C@@H]3C)[nH]1. The van der Waals surface area contributed by atoms with Gasteiger partial charge in [0.2, 0.25) is 0 Å². The van der Waals surface area contributed by atoms with Crippen LogP contribution in [0, 0.1) is 6.92 Å². The fraction of sp³-hybridized carbons (Fsp3) is 0.278. The fourth-order valence-corrected chi connectivity index (χ4v) is 3.27. The molecule has 1 aliphatic rings. The van der Waals surface area contributed by atoms with Gasteiger partial charge in [-0.15, -0.1) is 0 Å². The van der Waals surface area contributed by atoms with Gasteiger partial charge in [0.15, 0.2) is 0 Å². The average Bonchev–Trinajstić information content (AvgIpc) is 3.24. The zero-order valence-corrected chi connectivity index (χ0v) is 14.6. The number of nitrogens with zero attached hydrogens (tertiary/aromatic N) is 4. The molecule has 0 aliphatic carbocycles.